The van der Waals surface area contributed by atoms with E-state index in [1.165, 1.54) is 4.68 Å². The van der Waals surface area contributed by atoms with Gasteiger partial charge in [0.1, 0.15) is 5.69 Å². The number of aryl methyl sites for hydroxylation is 1. The van der Waals surface area contributed by atoms with Crippen molar-refractivity contribution in [3.63, 3.8) is 0 Å². The Morgan fingerprint density at radius 3 is 2.35 bits per heavy atom. The van der Waals surface area contributed by atoms with Crippen LogP contribution in [0.5, 0.6) is 0 Å². The summed E-state index contributed by atoms with van der Waals surface area (Å²) in [4.78, 5) is 38.4. The Kier molecular flexibility index (Phi) is 6.92. The monoisotopic (exact) mass is 558 g/mol. The fourth-order valence-electron chi connectivity index (χ4n) is 3.32. The van der Waals surface area contributed by atoms with E-state index >= 15 is 0 Å². The third-order valence-corrected chi connectivity index (χ3v) is 6.03. The summed E-state index contributed by atoms with van der Waals surface area (Å²) in [5, 5.41) is 6.65. The van der Waals surface area contributed by atoms with Crippen LogP contribution in [-0.2, 0) is 9.59 Å². The molecule has 0 aliphatic heterocycles. The van der Waals surface area contributed by atoms with Gasteiger partial charge in [-0.15, -0.1) is 0 Å². The highest BCUT2D eigenvalue weighted by molar-refractivity contribution is 9.10. The van der Waals surface area contributed by atoms with Gasteiger partial charge < -0.3 is 10.6 Å². The zero-order valence-electron chi connectivity index (χ0n) is 17.7. The number of carbonyl (C=O) groups is 3. The number of aromatic nitrogens is 1. The number of para-hydroxylation sites is 1. The lowest BCUT2D eigenvalue weighted by molar-refractivity contribution is -0.133. The largest absolute Gasteiger partial charge is 0.328 e. The van der Waals surface area contributed by atoms with Crippen LogP contribution in [0, 0.1) is 6.92 Å². The number of fused-ring (bicyclic) bond motifs is 1. The molecular weight excluding hydrogens is 543 g/mol. The van der Waals surface area contributed by atoms with Crippen LogP contribution in [0.15, 0.2) is 71.2 Å². The van der Waals surface area contributed by atoms with Crippen molar-refractivity contribution in [2.45, 2.75) is 6.92 Å². The fraction of sp³-hybridized carbons (Fsp3) is 0.0417. The Balaban J connectivity index is 1.65. The van der Waals surface area contributed by atoms with Gasteiger partial charge in [-0.2, -0.15) is 0 Å². The minimum atomic E-state index is -0.985. The standard InChI is InChI=1S/C24H17BrCl2N4O3/c1-13-10-15(25)6-8-18(13)28-22(32)21-12-14-11-16(26)7-9-20(14)31(21)30-24(34)23(33)29-19-5-3-2-4-17(19)27/h2-12H,1H3,(H,28,32)(H,29,33)(H,30,34). The fourth-order valence-corrected chi connectivity index (χ4v) is 4.16. The summed E-state index contributed by atoms with van der Waals surface area (Å²) in [6.45, 7) is 1.86. The predicted octanol–water partition coefficient (Wildman–Crippen LogP) is 5.98. The van der Waals surface area contributed by atoms with Gasteiger partial charge >= 0.3 is 11.8 Å². The van der Waals surface area contributed by atoms with Crippen molar-refractivity contribution in [1.82, 2.24) is 4.68 Å². The molecular formula is C24H17BrCl2N4O3. The van der Waals surface area contributed by atoms with Crippen molar-refractivity contribution in [3.8, 4) is 0 Å². The average molecular weight is 560 g/mol. The van der Waals surface area contributed by atoms with Gasteiger partial charge in [-0.25, -0.2) is 4.68 Å². The molecule has 3 amide bonds. The van der Waals surface area contributed by atoms with Crippen molar-refractivity contribution in [2.24, 2.45) is 0 Å². The molecule has 10 heteroatoms. The maximum Gasteiger partial charge on any atom is 0.328 e. The van der Waals surface area contributed by atoms with Crippen LogP contribution >= 0.6 is 39.1 Å². The molecule has 0 atom stereocenters. The Morgan fingerprint density at radius 1 is 0.853 bits per heavy atom. The zero-order valence-corrected chi connectivity index (χ0v) is 20.8. The van der Waals surface area contributed by atoms with E-state index < -0.39 is 17.7 Å². The molecule has 1 aromatic heterocycles. The van der Waals surface area contributed by atoms with Gasteiger partial charge in [0.15, 0.2) is 0 Å². The molecule has 4 rings (SSSR count). The maximum atomic E-state index is 13.2. The number of rotatable bonds is 4. The molecule has 0 aliphatic rings. The van der Waals surface area contributed by atoms with Gasteiger partial charge in [-0.1, -0.05) is 51.3 Å². The molecule has 0 saturated heterocycles. The average Bonchev–Trinajstić information content (AvgIpc) is 3.14. The van der Waals surface area contributed by atoms with Crippen molar-refractivity contribution in [1.29, 1.82) is 0 Å². The molecule has 0 saturated carbocycles. The number of nitrogens with zero attached hydrogens (tertiary/aromatic N) is 1. The van der Waals surface area contributed by atoms with E-state index in [-0.39, 0.29) is 16.4 Å². The van der Waals surface area contributed by atoms with Crippen molar-refractivity contribution < 1.29 is 14.4 Å². The van der Waals surface area contributed by atoms with Crippen molar-refractivity contribution >= 4 is 79.1 Å². The zero-order chi connectivity index (χ0) is 24.4. The van der Waals surface area contributed by atoms with Gasteiger partial charge in [0.2, 0.25) is 0 Å². The number of hydrogen-bond donors (Lipinski definition) is 3. The van der Waals surface area contributed by atoms with Gasteiger partial charge in [-0.3, -0.25) is 19.8 Å². The number of hydrogen-bond acceptors (Lipinski definition) is 3. The highest BCUT2D eigenvalue weighted by atomic mass is 79.9. The highest BCUT2D eigenvalue weighted by Crippen LogP contribution is 2.25. The number of carbonyl (C=O) groups excluding carboxylic acids is 3. The van der Waals surface area contributed by atoms with Crippen LogP contribution < -0.4 is 16.1 Å². The normalized spacial score (nSPS) is 10.7. The molecule has 4 aromatic rings. The summed E-state index contributed by atoms with van der Waals surface area (Å²) in [6, 6.07) is 18.5. The molecule has 34 heavy (non-hydrogen) atoms. The SMILES string of the molecule is Cc1cc(Br)ccc1NC(=O)c1cc2cc(Cl)ccc2n1NC(=O)C(=O)Nc1ccccc1Cl. The quantitative estimate of drug-likeness (QED) is 0.268. The van der Waals surface area contributed by atoms with Crippen molar-refractivity contribution in [3.05, 3.63) is 92.5 Å². The van der Waals surface area contributed by atoms with E-state index in [0.717, 1.165) is 10.0 Å². The first kappa shape index (κ1) is 23.8. The number of amides is 3. The number of halogens is 3. The van der Waals surface area contributed by atoms with E-state index in [1.54, 1.807) is 60.7 Å². The lowest BCUT2D eigenvalue weighted by Gasteiger charge is -2.14. The molecule has 172 valence electrons. The molecule has 1 heterocycles. The van der Waals surface area contributed by atoms with Gasteiger partial charge in [0, 0.05) is 20.6 Å². The lowest BCUT2D eigenvalue weighted by atomic mass is 10.2. The summed E-state index contributed by atoms with van der Waals surface area (Å²) >= 11 is 15.6. The van der Waals surface area contributed by atoms with Crippen LogP contribution in [-0.4, -0.2) is 22.4 Å². The summed E-state index contributed by atoms with van der Waals surface area (Å²) in [7, 11) is 0. The minimum Gasteiger partial charge on any atom is -0.320 e. The first-order valence-corrected chi connectivity index (χ1v) is 11.5. The summed E-state index contributed by atoms with van der Waals surface area (Å²) in [5.41, 5.74) is 4.83. The number of nitrogens with one attached hydrogen (secondary N) is 3. The highest BCUT2D eigenvalue weighted by Gasteiger charge is 2.22. The molecule has 0 aliphatic carbocycles. The summed E-state index contributed by atoms with van der Waals surface area (Å²) in [5.74, 6) is -2.41. The Bertz CT molecular complexity index is 1450. The summed E-state index contributed by atoms with van der Waals surface area (Å²) in [6.07, 6.45) is 0. The second-order valence-corrected chi connectivity index (χ2v) is 9.12. The third kappa shape index (κ3) is 5.09. The molecule has 0 unspecified atom stereocenters. The van der Waals surface area contributed by atoms with Crippen LogP contribution in [0.4, 0.5) is 11.4 Å². The Labute approximate surface area is 213 Å². The lowest BCUT2D eigenvalue weighted by Crippen LogP contribution is -2.36. The molecule has 7 nitrogen and oxygen atoms in total. The van der Waals surface area contributed by atoms with E-state index in [9.17, 15) is 14.4 Å². The molecule has 0 bridgehead atoms. The second kappa shape index (κ2) is 9.89. The van der Waals surface area contributed by atoms with E-state index in [1.807, 2.05) is 13.0 Å². The number of anilines is 2. The van der Waals surface area contributed by atoms with Crippen molar-refractivity contribution in [2.75, 3.05) is 16.1 Å². The van der Waals surface area contributed by atoms with Crippen LogP contribution in [0.2, 0.25) is 10.0 Å². The van der Waals surface area contributed by atoms with Crippen LogP contribution in [0.3, 0.4) is 0 Å². The topological polar surface area (TPSA) is 92.2 Å². The Hall–Kier alpha value is -3.33. The second-order valence-electron chi connectivity index (χ2n) is 7.36. The van der Waals surface area contributed by atoms with Crippen LogP contribution in [0.1, 0.15) is 16.1 Å². The van der Waals surface area contributed by atoms with Gasteiger partial charge in [0.05, 0.1) is 16.2 Å². The van der Waals surface area contributed by atoms with Crippen LogP contribution in [0.25, 0.3) is 10.9 Å². The molecule has 3 aromatic carbocycles. The number of benzene rings is 3. The van der Waals surface area contributed by atoms with E-state index in [2.05, 4.69) is 32.0 Å². The molecule has 3 N–H and O–H groups in total. The van der Waals surface area contributed by atoms with E-state index in [4.69, 9.17) is 23.2 Å². The minimum absolute atomic E-state index is 0.110. The predicted molar refractivity (Wildman–Crippen MR) is 138 cm³/mol. The third-order valence-electron chi connectivity index (χ3n) is 4.97. The first-order valence-electron chi connectivity index (χ1n) is 9.98. The maximum absolute atomic E-state index is 13.2. The molecule has 0 fully saturated rings. The molecule has 0 spiro atoms. The van der Waals surface area contributed by atoms with Gasteiger partial charge in [0.25, 0.3) is 5.91 Å². The Morgan fingerprint density at radius 2 is 1.62 bits per heavy atom. The smallest absolute Gasteiger partial charge is 0.320 e. The molecule has 0 radical (unpaired) electrons. The van der Waals surface area contributed by atoms with E-state index in [0.29, 0.717) is 21.6 Å². The van der Waals surface area contributed by atoms with Gasteiger partial charge in [-0.05, 0) is 67.1 Å². The first-order chi connectivity index (χ1) is 16.2. The summed E-state index contributed by atoms with van der Waals surface area (Å²) < 4.78 is 2.13.